The van der Waals surface area contributed by atoms with Crippen molar-refractivity contribution in [3.05, 3.63) is 57.8 Å². The molecule has 0 radical (unpaired) electrons. The van der Waals surface area contributed by atoms with Crippen molar-refractivity contribution in [1.29, 1.82) is 0 Å². The fourth-order valence-electron chi connectivity index (χ4n) is 1.69. The van der Waals surface area contributed by atoms with E-state index in [9.17, 15) is 5.11 Å². The van der Waals surface area contributed by atoms with Gasteiger partial charge in [0.25, 0.3) is 0 Å². The van der Waals surface area contributed by atoms with Crippen LogP contribution in [0.15, 0.2) is 41.8 Å². The van der Waals surface area contributed by atoms with Crippen LogP contribution in [-0.4, -0.2) is 12.2 Å². The van der Waals surface area contributed by atoms with E-state index in [-0.39, 0.29) is 0 Å². The lowest BCUT2D eigenvalue weighted by atomic mass is 10.0. The Hall–Kier alpha value is -1.16. The maximum atomic E-state index is 10.2. The molecule has 0 aliphatic carbocycles. The van der Waals surface area contributed by atoms with E-state index in [1.165, 1.54) is 0 Å². The lowest BCUT2D eigenvalue weighted by molar-refractivity contribution is 0.177. The lowest BCUT2D eigenvalue weighted by Gasteiger charge is -2.13. The zero-order chi connectivity index (χ0) is 11.4. The van der Waals surface area contributed by atoms with Crippen LogP contribution in [-0.2, 0) is 11.3 Å². The predicted molar refractivity (Wildman–Crippen MR) is 65.5 cm³/mol. The largest absolute Gasteiger partial charge is 0.383 e. The Morgan fingerprint density at radius 2 is 2.06 bits per heavy atom. The van der Waals surface area contributed by atoms with Gasteiger partial charge in [0.2, 0.25) is 0 Å². The second-order valence-corrected chi connectivity index (χ2v) is 4.53. The van der Waals surface area contributed by atoms with Crippen LogP contribution in [0.4, 0.5) is 0 Å². The van der Waals surface area contributed by atoms with E-state index < -0.39 is 6.10 Å². The molecule has 1 unspecified atom stereocenters. The number of methoxy groups -OCH3 is 1. The van der Waals surface area contributed by atoms with Gasteiger partial charge in [-0.15, -0.1) is 11.3 Å². The monoisotopic (exact) mass is 234 g/mol. The SMILES string of the molecule is COCc1ccccc1C(O)c1cccs1. The maximum absolute atomic E-state index is 10.2. The number of aliphatic hydroxyl groups excluding tert-OH is 1. The molecule has 0 bridgehead atoms. The molecule has 1 aromatic heterocycles. The first-order valence-electron chi connectivity index (χ1n) is 5.11. The smallest absolute Gasteiger partial charge is 0.114 e. The summed E-state index contributed by atoms with van der Waals surface area (Å²) >= 11 is 1.56. The Bertz CT molecular complexity index is 437. The van der Waals surface area contributed by atoms with Gasteiger partial charge in [0.1, 0.15) is 6.10 Å². The fraction of sp³-hybridized carbons (Fsp3) is 0.231. The third-order valence-corrected chi connectivity index (χ3v) is 3.39. The first kappa shape index (κ1) is 11.3. The summed E-state index contributed by atoms with van der Waals surface area (Å²) in [6, 6.07) is 11.7. The highest BCUT2D eigenvalue weighted by molar-refractivity contribution is 7.10. The highest BCUT2D eigenvalue weighted by Crippen LogP contribution is 2.28. The van der Waals surface area contributed by atoms with Gasteiger partial charge in [-0.1, -0.05) is 30.3 Å². The zero-order valence-corrected chi connectivity index (χ0v) is 9.91. The van der Waals surface area contributed by atoms with Crippen LogP contribution < -0.4 is 0 Å². The van der Waals surface area contributed by atoms with Crippen molar-refractivity contribution in [1.82, 2.24) is 0 Å². The minimum absolute atomic E-state index is 0.526. The zero-order valence-electron chi connectivity index (χ0n) is 9.09. The number of hydrogen-bond acceptors (Lipinski definition) is 3. The van der Waals surface area contributed by atoms with Gasteiger partial charge >= 0.3 is 0 Å². The first-order valence-corrected chi connectivity index (χ1v) is 5.99. The van der Waals surface area contributed by atoms with E-state index in [1.54, 1.807) is 18.4 Å². The van der Waals surface area contributed by atoms with Gasteiger partial charge in [-0.05, 0) is 22.6 Å². The fourth-order valence-corrected chi connectivity index (χ4v) is 2.42. The molecule has 0 aliphatic heterocycles. The number of hydrogen-bond donors (Lipinski definition) is 1. The van der Waals surface area contributed by atoms with Crippen LogP contribution in [0, 0.1) is 0 Å². The molecule has 1 heterocycles. The number of rotatable bonds is 4. The molecule has 2 aromatic rings. The summed E-state index contributed by atoms with van der Waals surface area (Å²) in [5.74, 6) is 0. The Morgan fingerprint density at radius 3 is 2.75 bits per heavy atom. The van der Waals surface area contributed by atoms with Gasteiger partial charge in [-0.25, -0.2) is 0 Å². The Labute approximate surface area is 99.1 Å². The minimum atomic E-state index is -0.550. The van der Waals surface area contributed by atoms with Crippen LogP contribution in [0.1, 0.15) is 22.1 Å². The maximum Gasteiger partial charge on any atom is 0.114 e. The highest BCUT2D eigenvalue weighted by Gasteiger charge is 2.14. The number of ether oxygens (including phenoxy) is 1. The van der Waals surface area contributed by atoms with Crippen molar-refractivity contribution in [2.75, 3.05) is 7.11 Å². The summed E-state index contributed by atoms with van der Waals surface area (Å²) < 4.78 is 5.13. The molecule has 0 saturated carbocycles. The summed E-state index contributed by atoms with van der Waals surface area (Å²) in [7, 11) is 1.66. The Balaban J connectivity index is 2.32. The van der Waals surface area contributed by atoms with E-state index in [1.807, 2.05) is 41.8 Å². The third-order valence-electron chi connectivity index (χ3n) is 2.46. The molecule has 1 atom stereocenters. The third kappa shape index (κ3) is 2.32. The van der Waals surface area contributed by atoms with E-state index in [0.717, 1.165) is 16.0 Å². The van der Waals surface area contributed by atoms with E-state index in [0.29, 0.717) is 6.61 Å². The van der Waals surface area contributed by atoms with Gasteiger partial charge in [0, 0.05) is 12.0 Å². The van der Waals surface area contributed by atoms with Crippen molar-refractivity contribution in [3.63, 3.8) is 0 Å². The summed E-state index contributed by atoms with van der Waals surface area (Å²) in [5.41, 5.74) is 1.96. The Morgan fingerprint density at radius 1 is 1.25 bits per heavy atom. The summed E-state index contributed by atoms with van der Waals surface area (Å²) in [5, 5.41) is 12.2. The number of thiophene rings is 1. The number of benzene rings is 1. The van der Waals surface area contributed by atoms with Gasteiger partial charge < -0.3 is 9.84 Å². The molecule has 3 heteroatoms. The van der Waals surface area contributed by atoms with E-state index >= 15 is 0 Å². The summed E-state index contributed by atoms with van der Waals surface area (Å²) in [4.78, 5) is 0.962. The van der Waals surface area contributed by atoms with Crippen LogP contribution in [0.5, 0.6) is 0 Å². The van der Waals surface area contributed by atoms with Crippen molar-refractivity contribution in [3.8, 4) is 0 Å². The summed E-state index contributed by atoms with van der Waals surface area (Å²) in [6.07, 6.45) is -0.550. The van der Waals surface area contributed by atoms with E-state index in [2.05, 4.69) is 0 Å². The van der Waals surface area contributed by atoms with Crippen LogP contribution in [0.2, 0.25) is 0 Å². The molecule has 1 N–H and O–H groups in total. The Kier molecular flexibility index (Phi) is 3.72. The quantitative estimate of drug-likeness (QED) is 0.881. The molecule has 1 aromatic carbocycles. The normalized spacial score (nSPS) is 12.6. The molecule has 0 fully saturated rings. The van der Waals surface area contributed by atoms with Gasteiger partial charge in [0.05, 0.1) is 6.61 Å². The lowest BCUT2D eigenvalue weighted by Crippen LogP contribution is -2.02. The van der Waals surface area contributed by atoms with Gasteiger partial charge in [0.15, 0.2) is 0 Å². The molecule has 84 valence electrons. The van der Waals surface area contributed by atoms with Crippen molar-refractivity contribution < 1.29 is 9.84 Å². The van der Waals surface area contributed by atoms with Crippen LogP contribution >= 0.6 is 11.3 Å². The van der Waals surface area contributed by atoms with Gasteiger partial charge in [-0.2, -0.15) is 0 Å². The average molecular weight is 234 g/mol. The predicted octanol–water partition coefficient (Wildman–Crippen LogP) is 2.98. The molecular weight excluding hydrogens is 220 g/mol. The highest BCUT2D eigenvalue weighted by atomic mass is 32.1. The molecule has 16 heavy (non-hydrogen) atoms. The molecule has 0 amide bonds. The van der Waals surface area contributed by atoms with E-state index in [4.69, 9.17) is 4.74 Å². The van der Waals surface area contributed by atoms with Crippen LogP contribution in [0.25, 0.3) is 0 Å². The van der Waals surface area contributed by atoms with Gasteiger partial charge in [-0.3, -0.25) is 0 Å². The second kappa shape index (κ2) is 5.25. The number of aliphatic hydroxyl groups is 1. The first-order chi connectivity index (χ1) is 7.83. The minimum Gasteiger partial charge on any atom is -0.383 e. The molecule has 0 saturated heterocycles. The van der Waals surface area contributed by atoms with Crippen molar-refractivity contribution >= 4 is 11.3 Å². The molecule has 2 nitrogen and oxygen atoms in total. The van der Waals surface area contributed by atoms with Crippen molar-refractivity contribution in [2.45, 2.75) is 12.7 Å². The molecule has 0 aliphatic rings. The second-order valence-electron chi connectivity index (χ2n) is 3.55. The van der Waals surface area contributed by atoms with Crippen molar-refractivity contribution in [2.24, 2.45) is 0 Å². The standard InChI is InChI=1S/C13H14O2S/c1-15-9-10-5-2-3-6-11(10)13(14)12-7-4-8-16-12/h2-8,13-14H,9H2,1H3. The average Bonchev–Trinajstić information content (AvgIpc) is 2.83. The van der Waals surface area contributed by atoms with Crippen LogP contribution in [0.3, 0.4) is 0 Å². The molecular formula is C13H14O2S. The molecule has 2 rings (SSSR count). The summed E-state index contributed by atoms with van der Waals surface area (Å²) in [6.45, 7) is 0.526. The molecule has 0 spiro atoms. The topological polar surface area (TPSA) is 29.5 Å².